The Balaban J connectivity index is 1.61. The molecule has 172 valence electrons. The molecule has 11 heteroatoms. The molecule has 2 aromatic carbocycles. The number of sulfonamides is 1. The van der Waals surface area contributed by atoms with E-state index in [2.05, 4.69) is 10.6 Å². The molecule has 2 aromatic rings. The molecule has 1 aliphatic rings. The van der Waals surface area contributed by atoms with Crippen LogP contribution in [0.1, 0.15) is 17.5 Å². The number of ether oxygens (including phenoxy) is 1. The quantitative estimate of drug-likeness (QED) is 0.626. The summed E-state index contributed by atoms with van der Waals surface area (Å²) in [6, 6.07) is 8.80. The monoisotopic (exact) mass is 467 g/mol. The van der Waals surface area contributed by atoms with E-state index in [4.69, 9.17) is 4.74 Å². The van der Waals surface area contributed by atoms with Crippen LogP contribution in [0.5, 0.6) is 0 Å². The molecule has 1 fully saturated rings. The number of carbonyl (C=O) groups is 2. The van der Waals surface area contributed by atoms with E-state index in [1.807, 2.05) is 0 Å². The van der Waals surface area contributed by atoms with Crippen molar-refractivity contribution >= 4 is 21.8 Å². The molecule has 1 heterocycles. The van der Waals surface area contributed by atoms with Crippen LogP contribution >= 0.6 is 0 Å². The third-order valence-corrected chi connectivity index (χ3v) is 6.94. The molecule has 0 aromatic heterocycles. The maximum absolute atomic E-state index is 13.4. The SMILES string of the molecule is Cc1cc(F)ccc1S(=O)(=O)N1CCCOC1CNC(=O)C(=O)NCc1ccc(F)cc1. The van der Waals surface area contributed by atoms with E-state index < -0.39 is 39.7 Å². The first-order valence-electron chi connectivity index (χ1n) is 9.88. The fourth-order valence-corrected chi connectivity index (χ4v) is 5.03. The number of carbonyl (C=O) groups excluding carboxylic acids is 2. The van der Waals surface area contributed by atoms with Gasteiger partial charge in [-0.25, -0.2) is 17.2 Å². The predicted molar refractivity (Wildman–Crippen MR) is 111 cm³/mol. The van der Waals surface area contributed by atoms with Gasteiger partial charge >= 0.3 is 11.8 Å². The van der Waals surface area contributed by atoms with Crippen molar-refractivity contribution in [2.24, 2.45) is 0 Å². The van der Waals surface area contributed by atoms with Gasteiger partial charge in [-0.2, -0.15) is 4.31 Å². The van der Waals surface area contributed by atoms with Gasteiger partial charge in [0.25, 0.3) is 0 Å². The van der Waals surface area contributed by atoms with E-state index in [1.54, 1.807) is 0 Å². The Labute approximate surface area is 184 Å². The molecule has 32 heavy (non-hydrogen) atoms. The van der Waals surface area contributed by atoms with Gasteiger partial charge in [0, 0.05) is 13.1 Å². The summed E-state index contributed by atoms with van der Waals surface area (Å²) < 4.78 is 59.1. The van der Waals surface area contributed by atoms with Crippen molar-refractivity contribution in [1.82, 2.24) is 14.9 Å². The van der Waals surface area contributed by atoms with Crippen LogP contribution in [0.25, 0.3) is 0 Å². The summed E-state index contributed by atoms with van der Waals surface area (Å²) in [7, 11) is -4.02. The van der Waals surface area contributed by atoms with Gasteiger partial charge in [-0.3, -0.25) is 9.59 Å². The van der Waals surface area contributed by atoms with Crippen molar-refractivity contribution in [3.63, 3.8) is 0 Å². The zero-order valence-corrected chi connectivity index (χ0v) is 18.1. The Morgan fingerprint density at radius 1 is 1.06 bits per heavy atom. The van der Waals surface area contributed by atoms with Gasteiger partial charge in [-0.1, -0.05) is 12.1 Å². The molecule has 1 atom stereocenters. The number of nitrogens with one attached hydrogen (secondary N) is 2. The number of hydrogen-bond acceptors (Lipinski definition) is 5. The number of hydrogen-bond donors (Lipinski definition) is 2. The Hall–Kier alpha value is -2.89. The normalized spacial score (nSPS) is 17.0. The first-order chi connectivity index (χ1) is 15.2. The zero-order valence-electron chi connectivity index (χ0n) is 17.3. The molecule has 0 aliphatic carbocycles. The molecule has 0 saturated carbocycles. The Morgan fingerprint density at radius 2 is 1.72 bits per heavy atom. The van der Waals surface area contributed by atoms with Crippen LogP contribution in [-0.2, 0) is 30.9 Å². The molecule has 1 saturated heterocycles. The average molecular weight is 467 g/mol. The molecule has 8 nitrogen and oxygen atoms in total. The lowest BCUT2D eigenvalue weighted by Crippen LogP contribution is -2.53. The Morgan fingerprint density at radius 3 is 2.41 bits per heavy atom. The number of nitrogens with zero attached hydrogens (tertiary/aromatic N) is 1. The maximum Gasteiger partial charge on any atom is 0.309 e. The second-order valence-electron chi connectivity index (χ2n) is 7.22. The van der Waals surface area contributed by atoms with Gasteiger partial charge < -0.3 is 15.4 Å². The number of halogens is 2. The van der Waals surface area contributed by atoms with Gasteiger partial charge in [-0.05, 0) is 54.8 Å². The summed E-state index contributed by atoms with van der Waals surface area (Å²) in [5, 5.41) is 4.78. The standard InChI is InChI=1S/C21H23F2N3O5S/c1-14-11-17(23)7-8-18(14)32(29,30)26-9-2-10-31-19(26)13-25-21(28)20(27)24-12-15-3-5-16(22)6-4-15/h3-8,11,19H,2,9-10,12-13H2,1H3,(H,24,27)(H,25,28). The first kappa shape index (κ1) is 23.8. The number of amides is 2. The van der Waals surface area contributed by atoms with Crippen molar-refractivity contribution in [2.45, 2.75) is 31.0 Å². The zero-order chi connectivity index (χ0) is 23.3. The molecule has 1 unspecified atom stereocenters. The van der Waals surface area contributed by atoms with E-state index in [9.17, 15) is 26.8 Å². The Bertz CT molecular complexity index is 1090. The number of rotatable bonds is 6. The summed E-state index contributed by atoms with van der Waals surface area (Å²) in [5.41, 5.74) is 0.855. The first-order valence-corrected chi connectivity index (χ1v) is 11.3. The molecule has 1 aliphatic heterocycles. The van der Waals surface area contributed by atoms with E-state index >= 15 is 0 Å². The fourth-order valence-electron chi connectivity index (χ4n) is 3.26. The van der Waals surface area contributed by atoms with Crippen molar-refractivity contribution in [2.75, 3.05) is 19.7 Å². The highest BCUT2D eigenvalue weighted by atomic mass is 32.2. The van der Waals surface area contributed by atoms with Gasteiger partial charge in [-0.15, -0.1) is 0 Å². The summed E-state index contributed by atoms with van der Waals surface area (Å²) in [4.78, 5) is 24.1. The van der Waals surface area contributed by atoms with E-state index in [-0.39, 0.29) is 36.7 Å². The third-order valence-electron chi connectivity index (χ3n) is 4.89. The van der Waals surface area contributed by atoms with Gasteiger partial charge in [0.1, 0.15) is 17.9 Å². The van der Waals surface area contributed by atoms with E-state index in [1.165, 1.54) is 37.3 Å². The fraction of sp³-hybridized carbons (Fsp3) is 0.333. The number of aryl methyl sites for hydroxylation is 1. The second-order valence-corrected chi connectivity index (χ2v) is 9.08. The molecule has 0 spiro atoms. The summed E-state index contributed by atoms with van der Waals surface area (Å²) >= 11 is 0. The second kappa shape index (κ2) is 10.2. The van der Waals surface area contributed by atoms with Crippen LogP contribution in [0.15, 0.2) is 47.4 Å². The highest BCUT2D eigenvalue weighted by Crippen LogP contribution is 2.25. The highest BCUT2D eigenvalue weighted by Gasteiger charge is 2.35. The maximum atomic E-state index is 13.4. The van der Waals surface area contributed by atoms with Crippen molar-refractivity contribution in [3.8, 4) is 0 Å². The minimum atomic E-state index is -4.02. The van der Waals surface area contributed by atoms with E-state index in [0.29, 0.717) is 12.0 Å². The van der Waals surface area contributed by atoms with Crippen molar-refractivity contribution < 1.29 is 31.5 Å². The molecule has 2 N–H and O–H groups in total. The van der Waals surface area contributed by atoms with E-state index in [0.717, 1.165) is 16.4 Å². The number of benzene rings is 2. The van der Waals surface area contributed by atoms with Crippen LogP contribution in [0.4, 0.5) is 8.78 Å². The van der Waals surface area contributed by atoms with Crippen LogP contribution < -0.4 is 10.6 Å². The van der Waals surface area contributed by atoms with Crippen molar-refractivity contribution in [1.29, 1.82) is 0 Å². The topological polar surface area (TPSA) is 105 Å². The molecule has 0 radical (unpaired) electrons. The molecular formula is C21H23F2N3O5S. The predicted octanol–water partition coefficient (Wildman–Crippen LogP) is 1.44. The van der Waals surface area contributed by atoms with Gasteiger partial charge in [0.15, 0.2) is 0 Å². The van der Waals surface area contributed by atoms with Gasteiger partial charge in [0.2, 0.25) is 10.0 Å². The summed E-state index contributed by atoms with van der Waals surface area (Å²) in [6.07, 6.45) is -0.575. The van der Waals surface area contributed by atoms with Crippen LogP contribution in [-0.4, -0.2) is 50.5 Å². The van der Waals surface area contributed by atoms with Gasteiger partial charge in [0.05, 0.1) is 18.0 Å². The molecule has 2 amide bonds. The largest absolute Gasteiger partial charge is 0.360 e. The lowest BCUT2D eigenvalue weighted by atomic mass is 10.2. The van der Waals surface area contributed by atoms with Crippen LogP contribution in [0.3, 0.4) is 0 Å². The molecule has 0 bridgehead atoms. The van der Waals surface area contributed by atoms with Crippen LogP contribution in [0.2, 0.25) is 0 Å². The lowest BCUT2D eigenvalue weighted by molar-refractivity contribution is -0.140. The molecular weight excluding hydrogens is 444 g/mol. The van der Waals surface area contributed by atoms with Crippen molar-refractivity contribution in [3.05, 3.63) is 65.2 Å². The smallest absolute Gasteiger partial charge is 0.309 e. The third kappa shape index (κ3) is 5.67. The average Bonchev–Trinajstić information content (AvgIpc) is 2.76. The summed E-state index contributed by atoms with van der Waals surface area (Å²) in [6.45, 7) is 1.70. The minimum absolute atomic E-state index is 0.0246. The minimum Gasteiger partial charge on any atom is -0.360 e. The highest BCUT2D eigenvalue weighted by molar-refractivity contribution is 7.89. The van der Waals surface area contributed by atoms with Crippen LogP contribution in [0, 0.1) is 18.6 Å². The molecule has 3 rings (SSSR count). The lowest BCUT2D eigenvalue weighted by Gasteiger charge is -2.34. The Kier molecular flexibility index (Phi) is 7.54. The summed E-state index contributed by atoms with van der Waals surface area (Å²) in [5.74, 6) is -2.85.